The van der Waals surface area contributed by atoms with Crippen LogP contribution in [0, 0.1) is 6.92 Å². The molecule has 0 bridgehead atoms. The standard InChI is InChI=1S/C10H13N5O2S/c1-6-8(9(16)17-3)13-10(18-6)11-4-7-14-12-5-15(7)2/h5H,4H2,1-3H3,(H,11,13). The maximum absolute atomic E-state index is 11.4. The molecule has 0 radical (unpaired) electrons. The molecule has 2 aromatic heterocycles. The van der Waals surface area contributed by atoms with E-state index in [1.54, 1.807) is 6.33 Å². The minimum atomic E-state index is -0.421. The quantitative estimate of drug-likeness (QED) is 0.831. The van der Waals surface area contributed by atoms with Gasteiger partial charge in [-0.3, -0.25) is 0 Å². The molecule has 2 heterocycles. The topological polar surface area (TPSA) is 81.9 Å². The van der Waals surface area contributed by atoms with Gasteiger partial charge in [-0.25, -0.2) is 9.78 Å². The van der Waals surface area contributed by atoms with Gasteiger partial charge < -0.3 is 14.6 Å². The molecule has 0 unspecified atom stereocenters. The van der Waals surface area contributed by atoms with E-state index >= 15 is 0 Å². The molecule has 0 aromatic carbocycles. The Balaban J connectivity index is 2.07. The van der Waals surface area contributed by atoms with Crippen LogP contribution >= 0.6 is 11.3 Å². The number of anilines is 1. The summed E-state index contributed by atoms with van der Waals surface area (Å²) in [4.78, 5) is 16.4. The lowest BCUT2D eigenvalue weighted by Crippen LogP contribution is -2.06. The number of nitrogens with one attached hydrogen (secondary N) is 1. The number of carbonyl (C=O) groups excluding carboxylic acids is 1. The van der Waals surface area contributed by atoms with Crippen LogP contribution in [0.3, 0.4) is 0 Å². The van der Waals surface area contributed by atoms with Gasteiger partial charge in [0.25, 0.3) is 0 Å². The molecule has 0 saturated heterocycles. The number of hydrogen-bond donors (Lipinski definition) is 1. The number of nitrogens with zero attached hydrogens (tertiary/aromatic N) is 4. The van der Waals surface area contributed by atoms with Crippen molar-refractivity contribution in [2.24, 2.45) is 7.05 Å². The second-order valence-electron chi connectivity index (χ2n) is 3.63. The van der Waals surface area contributed by atoms with E-state index in [-0.39, 0.29) is 0 Å². The molecule has 0 aliphatic carbocycles. The van der Waals surface area contributed by atoms with E-state index in [4.69, 9.17) is 0 Å². The van der Waals surface area contributed by atoms with Gasteiger partial charge in [-0.15, -0.1) is 21.5 Å². The number of thiazole rings is 1. The van der Waals surface area contributed by atoms with Crippen LogP contribution < -0.4 is 5.32 Å². The second kappa shape index (κ2) is 5.13. The fourth-order valence-corrected chi connectivity index (χ4v) is 2.18. The molecule has 7 nitrogen and oxygen atoms in total. The van der Waals surface area contributed by atoms with E-state index < -0.39 is 5.97 Å². The zero-order chi connectivity index (χ0) is 13.1. The third kappa shape index (κ3) is 2.48. The summed E-state index contributed by atoms with van der Waals surface area (Å²) in [7, 11) is 3.21. The Hall–Kier alpha value is -1.96. The first-order chi connectivity index (χ1) is 8.61. The summed E-state index contributed by atoms with van der Waals surface area (Å²) in [5, 5.41) is 11.5. The van der Waals surface area contributed by atoms with E-state index in [2.05, 4.69) is 25.2 Å². The second-order valence-corrected chi connectivity index (χ2v) is 4.83. The molecule has 0 aliphatic heterocycles. The minimum Gasteiger partial charge on any atom is -0.464 e. The van der Waals surface area contributed by atoms with E-state index in [0.29, 0.717) is 17.4 Å². The molecule has 0 spiro atoms. The molecule has 8 heteroatoms. The van der Waals surface area contributed by atoms with Gasteiger partial charge in [0.05, 0.1) is 13.7 Å². The third-order valence-electron chi connectivity index (χ3n) is 2.38. The van der Waals surface area contributed by atoms with Crippen molar-refractivity contribution >= 4 is 22.4 Å². The van der Waals surface area contributed by atoms with Gasteiger partial charge in [-0.1, -0.05) is 0 Å². The molecule has 1 N–H and O–H groups in total. The first kappa shape index (κ1) is 12.5. The van der Waals surface area contributed by atoms with E-state index in [0.717, 1.165) is 10.7 Å². The summed E-state index contributed by atoms with van der Waals surface area (Å²) < 4.78 is 6.47. The fourth-order valence-electron chi connectivity index (χ4n) is 1.38. The van der Waals surface area contributed by atoms with Crippen LogP contribution in [0.4, 0.5) is 5.13 Å². The van der Waals surface area contributed by atoms with Crippen LogP contribution in [0.1, 0.15) is 21.2 Å². The number of esters is 1. The van der Waals surface area contributed by atoms with Crippen molar-refractivity contribution in [2.45, 2.75) is 13.5 Å². The summed E-state index contributed by atoms with van der Waals surface area (Å²) in [6.45, 7) is 2.33. The number of carbonyl (C=O) groups is 1. The van der Waals surface area contributed by atoms with Gasteiger partial charge in [-0.05, 0) is 6.92 Å². The molecular formula is C10H13N5O2S. The zero-order valence-corrected chi connectivity index (χ0v) is 11.1. The highest BCUT2D eigenvalue weighted by Crippen LogP contribution is 2.22. The predicted molar refractivity (Wildman–Crippen MR) is 66.5 cm³/mol. The van der Waals surface area contributed by atoms with E-state index in [9.17, 15) is 4.79 Å². The van der Waals surface area contributed by atoms with Crippen molar-refractivity contribution in [3.63, 3.8) is 0 Å². The Kier molecular flexibility index (Phi) is 3.56. The van der Waals surface area contributed by atoms with Gasteiger partial charge in [0.2, 0.25) is 0 Å². The smallest absolute Gasteiger partial charge is 0.357 e. The predicted octanol–water partition coefficient (Wildman–Crippen LogP) is 0.979. The van der Waals surface area contributed by atoms with Gasteiger partial charge in [-0.2, -0.15) is 0 Å². The number of aryl methyl sites for hydroxylation is 2. The van der Waals surface area contributed by atoms with Crippen LogP contribution in [-0.2, 0) is 18.3 Å². The summed E-state index contributed by atoms with van der Waals surface area (Å²) >= 11 is 1.41. The number of hydrogen-bond acceptors (Lipinski definition) is 7. The molecular weight excluding hydrogens is 254 g/mol. The maximum Gasteiger partial charge on any atom is 0.357 e. The first-order valence-corrected chi connectivity index (χ1v) is 6.06. The Morgan fingerprint density at radius 2 is 2.39 bits per heavy atom. The molecule has 2 rings (SSSR count). The van der Waals surface area contributed by atoms with Crippen LogP contribution in [-0.4, -0.2) is 32.8 Å². The average Bonchev–Trinajstić information content (AvgIpc) is 2.92. The maximum atomic E-state index is 11.4. The third-order valence-corrected chi connectivity index (χ3v) is 3.31. The molecule has 2 aromatic rings. The SMILES string of the molecule is COC(=O)c1nc(NCc2nncn2C)sc1C. The summed E-state index contributed by atoms with van der Waals surface area (Å²) in [6.07, 6.45) is 1.63. The van der Waals surface area contributed by atoms with Crippen molar-refractivity contribution in [1.82, 2.24) is 19.7 Å². The number of methoxy groups -OCH3 is 1. The summed E-state index contributed by atoms with van der Waals surface area (Å²) in [5.41, 5.74) is 0.350. The molecule has 0 fully saturated rings. The average molecular weight is 267 g/mol. The number of ether oxygens (including phenoxy) is 1. The summed E-state index contributed by atoms with van der Waals surface area (Å²) in [6, 6.07) is 0. The lowest BCUT2D eigenvalue weighted by Gasteiger charge is -2.00. The molecule has 0 saturated carbocycles. The molecule has 0 atom stereocenters. The van der Waals surface area contributed by atoms with Crippen LogP contribution in [0.25, 0.3) is 0 Å². The van der Waals surface area contributed by atoms with Crippen molar-refractivity contribution < 1.29 is 9.53 Å². The minimum absolute atomic E-state index is 0.350. The molecule has 0 aliphatic rings. The Bertz CT molecular complexity index is 562. The monoisotopic (exact) mass is 267 g/mol. The van der Waals surface area contributed by atoms with Crippen molar-refractivity contribution in [3.05, 3.63) is 22.7 Å². The van der Waals surface area contributed by atoms with Gasteiger partial charge in [0.1, 0.15) is 6.33 Å². The highest BCUT2D eigenvalue weighted by Gasteiger charge is 2.15. The van der Waals surface area contributed by atoms with Crippen LogP contribution in [0.2, 0.25) is 0 Å². The Morgan fingerprint density at radius 3 is 3.00 bits per heavy atom. The fraction of sp³-hybridized carbons (Fsp3) is 0.400. The largest absolute Gasteiger partial charge is 0.464 e. The Labute approximate surface area is 108 Å². The lowest BCUT2D eigenvalue weighted by atomic mass is 10.4. The van der Waals surface area contributed by atoms with Gasteiger partial charge in [0.15, 0.2) is 16.6 Å². The van der Waals surface area contributed by atoms with E-state index in [1.165, 1.54) is 18.4 Å². The Morgan fingerprint density at radius 1 is 1.61 bits per heavy atom. The first-order valence-electron chi connectivity index (χ1n) is 5.24. The molecule has 96 valence electrons. The van der Waals surface area contributed by atoms with Gasteiger partial charge in [0, 0.05) is 11.9 Å². The highest BCUT2D eigenvalue weighted by molar-refractivity contribution is 7.15. The zero-order valence-electron chi connectivity index (χ0n) is 10.3. The van der Waals surface area contributed by atoms with E-state index in [1.807, 2.05) is 18.5 Å². The normalized spacial score (nSPS) is 10.4. The van der Waals surface area contributed by atoms with Crippen LogP contribution in [0.5, 0.6) is 0 Å². The lowest BCUT2D eigenvalue weighted by molar-refractivity contribution is 0.0594. The number of rotatable bonds is 4. The summed E-state index contributed by atoms with van der Waals surface area (Å²) in [5.74, 6) is 0.373. The molecule has 0 amide bonds. The van der Waals surface area contributed by atoms with Crippen LogP contribution in [0.15, 0.2) is 6.33 Å². The van der Waals surface area contributed by atoms with Crippen molar-refractivity contribution in [1.29, 1.82) is 0 Å². The number of aromatic nitrogens is 4. The van der Waals surface area contributed by atoms with Crippen molar-refractivity contribution in [2.75, 3.05) is 12.4 Å². The van der Waals surface area contributed by atoms with Crippen molar-refractivity contribution in [3.8, 4) is 0 Å². The van der Waals surface area contributed by atoms with Gasteiger partial charge >= 0.3 is 5.97 Å². The molecule has 18 heavy (non-hydrogen) atoms. The highest BCUT2D eigenvalue weighted by atomic mass is 32.1.